The molecule has 2 aromatic heterocycles. The smallest absolute Gasteiger partial charge is 0.233 e. The quantitative estimate of drug-likeness (QED) is 0.203. The lowest BCUT2D eigenvalue weighted by Crippen LogP contribution is -2.55. The third-order valence-electron chi connectivity index (χ3n) is 12.5. The second kappa shape index (κ2) is 10.1. The van der Waals surface area contributed by atoms with E-state index in [0.29, 0.717) is 11.8 Å². The topological polar surface area (TPSA) is 16.8 Å². The van der Waals surface area contributed by atoms with Crippen molar-refractivity contribution < 1.29 is 4.57 Å². The Morgan fingerprint density at radius 1 is 0.889 bits per heavy atom. The van der Waals surface area contributed by atoms with E-state index in [9.17, 15) is 0 Å². The monoisotopic (exact) mass is 595 g/mol. The maximum atomic E-state index is 5.75. The zero-order chi connectivity index (χ0) is 31.3. The summed E-state index contributed by atoms with van der Waals surface area (Å²) in [6.45, 7) is 16.7. The third-order valence-corrected chi connectivity index (χ3v) is 12.5. The van der Waals surface area contributed by atoms with Gasteiger partial charge in [0.2, 0.25) is 11.2 Å². The second-order valence-electron chi connectivity index (χ2n) is 15.8. The Hall–Kier alpha value is -3.26. The molecule has 1 atom stereocenters. The minimum Gasteiger partial charge on any atom is -0.244 e. The van der Waals surface area contributed by atoms with Gasteiger partial charge in [0.25, 0.3) is 0 Å². The molecule has 3 heterocycles. The van der Waals surface area contributed by atoms with Crippen LogP contribution in [0.25, 0.3) is 32.9 Å². The summed E-state index contributed by atoms with van der Waals surface area (Å²) in [5, 5.41) is 4.29. The van der Waals surface area contributed by atoms with Crippen LogP contribution in [0, 0.1) is 11.8 Å². The highest BCUT2D eigenvalue weighted by Gasteiger charge is 2.59. The number of rotatable bonds is 6. The van der Waals surface area contributed by atoms with E-state index in [4.69, 9.17) is 4.98 Å². The Kier molecular flexibility index (Phi) is 6.56. The van der Waals surface area contributed by atoms with Crippen molar-refractivity contribution in [2.45, 2.75) is 123 Å². The summed E-state index contributed by atoms with van der Waals surface area (Å²) < 4.78 is 2.72. The van der Waals surface area contributed by atoms with Crippen LogP contribution < -0.4 is 4.57 Å². The van der Waals surface area contributed by atoms with Gasteiger partial charge in [-0.15, -0.1) is 0 Å². The Balaban J connectivity index is 1.56. The molecule has 1 saturated carbocycles. The van der Waals surface area contributed by atoms with E-state index in [-0.39, 0.29) is 16.4 Å². The molecule has 45 heavy (non-hydrogen) atoms. The Labute approximate surface area is 270 Å². The van der Waals surface area contributed by atoms with Crippen LogP contribution in [0.4, 0.5) is 0 Å². The summed E-state index contributed by atoms with van der Waals surface area (Å²) in [4.78, 5) is 5.75. The molecule has 0 amide bonds. The number of aromatic nitrogens is 2. The fourth-order valence-electron chi connectivity index (χ4n) is 10.1. The summed E-state index contributed by atoms with van der Waals surface area (Å²) in [5.74, 6) is 1.17. The van der Waals surface area contributed by atoms with Gasteiger partial charge >= 0.3 is 0 Å². The normalized spacial score (nSPS) is 21.2. The van der Waals surface area contributed by atoms with E-state index in [0.717, 1.165) is 6.42 Å². The summed E-state index contributed by atoms with van der Waals surface area (Å²) in [6.07, 6.45) is 18.6. The van der Waals surface area contributed by atoms with Crippen LogP contribution in [0.1, 0.15) is 129 Å². The molecule has 0 radical (unpaired) electrons. The summed E-state index contributed by atoms with van der Waals surface area (Å²) in [6, 6.07) is 16.7. The van der Waals surface area contributed by atoms with Crippen molar-refractivity contribution in [3.8, 4) is 11.3 Å². The number of para-hydroxylation sites is 1. The largest absolute Gasteiger partial charge is 0.244 e. The fourth-order valence-corrected chi connectivity index (χ4v) is 10.1. The minimum absolute atomic E-state index is 0.0362. The van der Waals surface area contributed by atoms with Crippen molar-refractivity contribution in [3.63, 3.8) is 0 Å². The molecule has 4 aliphatic rings. The number of hydrogen-bond donors (Lipinski definition) is 0. The van der Waals surface area contributed by atoms with Crippen molar-refractivity contribution in [1.82, 2.24) is 4.98 Å². The van der Waals surface area contributed by atoms with Gasteiger partial charge in [-0.3, -0.25) is 0 Å². The summed E-state index contributed by atoms with van der Waals surface area (Å²) in [5.41, 5.74) is 13.0. The molecule has 0 bridgehead atoms. The molecule has 1 fully saturated rings. The highest BCUT2D eigenvalue weighted by molar-refractivity contribution is 6.06. The van der Waals surface area contributed by atoms with Crippen LogP contribution >= 0.6 is 0 Å². The third kappa shape index (κ3) is 3.87. The first-order valence-corrected chi connectivity index (χ1v) is 18.1. The standard InChI is InChI=1S/C43H51N2/c1-8-27(9-2)30-22-31(28(10-3)11-4)26-43(25-30)40-37-38(33-16-12-13-17-35(33)44-40)42(19-14-15-20-42)34-24-32(41(5,6)7)23-29-18-21-45(43)39(37)36(29)34/h12-13,16-18,21-25,27-28H,8-11,14-15,19-20,26H2,1-7H3/q+1. The highest BCUT2D eigenvalue weighted by Crippen LogP contribution is 2.61. The van der Waals surface area contributed by atoms with E-state index >= 15 is 0 Å². The minimum atomic E-state index is -0.299. The van der Waals surface area contributed by atoms with Crippen LogP contribution in [-0.2, 0) is 16.4 Å². The van der Waals surface area contributed by atoms with Gasteiger partial charge in [-0.05, 0) is 95.6 Å². The first-order chi connectivity index (χ1) is 21.7. The van der Waals surface area contributed by atoms with E-state index in [1.54, 1.807) is 16.7 Å². The van der Waals surface area contributed by atoms with E-state index < -0.39 is 0 Å². The predicted octanol–water partition coefficient (Wildman–Crippen LogP) is 11.0. The van der Waals surface area contributed by atoms with Crippen molar-refractivity contribution in [1.29, 1.82) is 0 Å². The lowest BCUT2D eigenvalue weighted by atomic mass is 9.64. The van der Waals surface area contributed by atoms with Gasteiger partial charge < -0.3 is 0 Å². The molecule has 232 valence electrons. The zero-order valence-corrected chi connectivity index (χ0v) is 28.7. The maximum Gasteiger partial charge on any atom is 0.233 e. The van der Waals surface area contributed by atoms with Crippen molar-refractivity contribution in [2.75, 3.05) is 0 Å². The van der Waals surface area contributed by atoms with Gasteiger partial charge in [0.1, 0.15) is 5.69 Å². The molecule has 0 saturated heterocycles. The molecular formula is C43H51N2+. The Morgan fingerprint density at radius 3 is 2.29 bits per heavy atom. The van der Waals surface area contributed by atoms with Crippen LogP contribution in [0.5, 0.6) is 0 Å². The van der Waals surface area contributed by atoms with Crippen LogP contribution in [-0.4, -0.2) is 4.98 Å². The lowest BCUT2D eigenvalue weighted by Gasteiger charge is -2.37. The molecule has 0 N–H and O–H groups in total. The maximum absolute atomic E-state index is 5.75. The first kappa shape index (κ1) is 29.2. The molecular weight excluding hydrogens is 544 g/mol. The number of fused-ring (bicyclic) bond motifs is 6. The van der Waals surface area contributed by atoms with Gasteiger partial charge in [0.15, 0.2) is 6.20 Å². The first-order valence-electron chi connectivity index (χ1n) is 18.1. The SMILES string of the molecule is CCC(CC)C1=CC2(CC(C(CC)CC)=C1)c1nc3ccccc3c3c1-c1c4c(cc(C(C)(C)C)cc4cc[n+]12)C31CCCC1. The van der Waals surface area contributed by atoms with Gasteiger partial charge in [-0.1, -0.05) is 103 Å². The number of allylic oxidation sites excluding steroid dienone is 4. The Morgan fingerprint density at radius 2 is 1.60 bits per heavy atom. The zero-order valence-electron chi connectivity index (χ0n) is 28.7. The van der Waals surface area contributed by atoms with Gasteiger partial charge in [0.05, 0.1) is 16.5 Å². The summed E-state index contributed by atoms with van der Waals surface area (Å²) in [7, 11) is 0. The fraction of sp³-hybridized carbons (Fsp3) is 0.488. The molecule has 2 nitrogen and oxygen atoms in total. The molecule has 4 aromatic rings. The van der Waals surface area contributed by atoms with Gasteiger partial charge in [-0.25, -0.2) is 4.98 Å². The molecule has 2 heteroatoms. The number of pyridine rings is 2. The van der Waals surface area contributed by atoms with E-state index in [1.165, 1.54) is 101 Å². The molecule has 1 unspecified atom stereocenters. The number of nitrogens with zero attached hydrogens (tertiary/aromatic N) is 2. The van der Waals surface area contributed by atoms with Gasteiger partial charge in [-0.2, -0.15) is 4.57 Å². The molecule has 2 aromatic carbocycles. The predicted molar refractivity (Wildman–Crippen MR) is 189 cm³/mol. The van der Waals surface area contributed by atoms with Crippen LogP contribution in [0.2, 0.25) is 0 Å². The highest BCUT2D eigenvalue weighted by atomic mass is 15.1. The lowest BCUT2D eigenvalue weighted by molar-refractivity contribution is -0.726. The second-order valence-corrected chi connectivity index (χ2v) is 15.8. The van der Waals surface area contributed by atoms with Crippen LogP contribution in [0.3, 0.4) is 0 Å². The number of benzene rings is 2. The van der Waals surface area contributed by atoms with E-state index in [1.807, 2.05) is 0 Å². The average Bonchev–Trinajstić information content (AvgIpc) is 3.62. The van der Waals surface area contributed by atoms with Gasteiger partial charge in [0, 0.05) is 23.3 Å². The van der Waals surface area contributed by atoms with Crippen molar-refractivity contribution in [2.24, 2.45) is 11.8 Å². The van der Waals surface area contributed by atoms with Crippen molar-refractivity contribution >= 4 is 21.7 Å². The number of hydrogen-bond acceptors (Lipinski definition) is 1. The Bertz CT molecular complexity index is 1920. The molecule has 3 aliphatic carbocycles. The molecule has 2 spiro atoms. The van der Waals surface area contributed by atoms with Crippen LogP contribution in [0.15, 0.2) is 72.0 Å². The molecule has 8 rings (SSSR count). The average molecular weight is 596 g/mol. The molecule has 1 aliphatic heterocycles. The van der Waals surface area contributed by atoms with E-state index in [2.05, 4.69) is 114 Å². The van der Waals surface area contributed by atoms with Crippen molar-refractivity contribution in [3.05, 3.63) is 94.3 Å². The summed E-state index contributed by atoms with van der Waals surface area (Å²) >= 11 is 0.